The van der Waals surface area contributed by atoms with E-state index in [0.717, 1.165) is 5.57 Å². The van der Waals surface area contributed by atoms with Crippen LogP contribution in [0.15, 0.2) is 12.2 Å². The molecule has 0 spiro atoms. The van der Waals surface area contributed by atoms with Crippen LogP contribution in [-0.4, -0.2) is 0 Å². The van der Waals surface area contributed by atoms with Gasteiger partial charge in [-0.2, -0.15) is 0 Å². The smallest absolute Gasteiger partial charge is 0.0316 e. The summed E-state index contributed by atoms with van der Waals surface area (Å²) in [5.74, 6) is 0. The van der Waals surface area contributed by atoms with E-state index in [9.17, 15) is 0 Å². The Morgan fingerprint density at radius 2 is 2.50 bits per heavy atom. The summed E-state index contributed by atoms with van der Waals surface area (Å²) in [5, 5.41) is 0. The van der Waals surface area contributed by atoms with Gasteiger partial charge < -0.3 is 0 Å². The van der Waals surface area contributed by atoms with Gasteiger partial charge in [-0.3, -0.25) is 0 Å². The van der Waals surface area contributed by atoms with Crippen LogP contribution in [0.4, 0.5) is 0 Å². The molecule has 0 aromatic heterocycles. The fourth-order valence-corrected chi connectivity index (χ4v) is 0.0625. The molecule has 0 radical (unpaired) electrons. The molecule has 1 rings (SSSR count). The van der Waals surface area contributed by atoms with Gasteiger partial charge in [0, 0.05) is 2.74 Å². The molecule has 0 unspecified atom stereocenters. The van der Waals surface area contributed by atoms with E-state index in [1.807, 2.05) is 0 Å². The zero-order chi connectivity index (χ0) is 4.78. The topological polar surface area (TPSA) is 0 Å². The number of rotatable bonds is 0. The molecule has 1 aliphatic carbocycles. The molecule has 0 heteroatoms. The van der Waals surface area contributed by atoms with E-state index in [0.29, 0.717) is 6.42 Å². The first-order valence-electron chi connectivity index (χ1n) is 2.31. The lowest BCUT2D eigenvalue weighted by molar-refractivity contribution is 1.50. The van der Waals surface area contributed by atoms with E-state index in [2.05, 4.69) is 6.58 Å². The second-order valence-electron chi connectivity index (χ2n) is 0.957. The third-order valence-corrected chi connectivity index (χ3v) is 0.427. The lowest BCUT2D eigenvalue weighted by Gasteiger charge is -1.34. The summed E-state index contributed by atoms with van der Waals surface area (Å²) in [6.07, 6.45) is -0.410. The van der Waals surface area contributed by atoms with Gasteiger partial charge in [0.25, 0.3) is 0 Å². The summed E-state index contributed by atoms with van der Waals surface area (Å²) < 4.78 is 13.6. The second-order valence-corrected chi connectivity index (χ2v) is 0.957. The van der Waals surface area contributed by atoms with Gasteiger partial charge in [0.1, 0.15) is 0 Å². The van der Waals surface area contributed by atoms with E-state index in [4.69, 9.17) is 2.74 Å². The van der Waals surface area contributed by atoms with E-state index in [-0.39, 0.29) is 0 Å². The normalized spacial score (nSPS) is 41.5. The second kappa shape index (κ2) is 0.369. The van der Waals surface area contributed by atoms with Crippen molar-refractivity contribution in [1.29, 1.82) is 0 Å². The predicted octanol–water partition coefficient (Wildman–Crippen LogP) is 1.34. The average Bonchev–Trinajstić information content (AvgIpc) is 1.73. The minimum Gasteiger partial charge on any atom is -0.0998 e. The maximum Gasteiger partial charge on any atom is 0.0316 e. The lowest BCUT2D eigenvalue weighted by Crippen LogP contribution is -1.12. The summed E-state index contributed by atoms with van der Waals surface area (Å²) in [6, 6.07) is 0. The van der Waals surface area contributed by atoms with Crippen molar-refractivity contribution in [2.24, 2.45) is 0 Å². The molecule has 0 heterocycles. The molecule has 1 aliphatic rings. The Bertz CT molecular complexity index is 93.7. The first kappa shape index (κ1) is 0.852. The van der Waals surface area contributed by atoms with Crippen molar-refractivity contribution in [2.75, 3.05) is 0 Å². The zero-order valence-electron chi connectivity index (χ0n) is 4.41. The van der Waals surface area contributed by atoms with Crippen LogP contribution in [0.25, 0.3) is 0 Å². The molecule has 0 atom stereocenters. The molecule has 0 aliphatic heterocycles. The Balaban J connectivity index is 2.63. The molecule has 0 amide bonds. The third kappa shape index (κ3) is 0.127. The van der Waals surface area contributed by atoms with Crippen LogP contribution in [0.5, 0.6) is 0 Å². The Kier molecular flexibility index (Phi) is 0.0787. The Morgan fingerprint density at radius 3 is 2.50 bits per heavy atom. The largest absolute Gasteiger partial charge is 0.0998 e. The molecule has 1 fully saturated rings. The summed E-state index contributed by atoms with van der Waals surface area (Å²) in [7, 11) is 0. The molecular weight excluding hydrogens is 48.0 g/mol. The standard InChI is InChI=1S/C4H6/c1-4-2-3-4/h1-3H2/i2D2. The lowest BCUT2D eigenvalue weighted by atomic mass is 10.7. The van der Waals surface area contributed by atoms with Crippen LogP contribution in [0.1, 0.15) is 15.5 Å². The molecule has 0 bridgehead atoms. The van der Waals surface area contributed by atoms with Gasteiger partial charge in [0.15, 0.2) is 0 Å². The van der Waals surface area contributed by atoms with Crippen molar-refractivity contribution in [3.8, 4) is 0 Å². The van der Waals surface area contributed by atoms with Crippen LogP contribution in [0.3, 0.4) is 0 Å². The van der Waals surface area contributed by atoms with Crippen molar-refractivity contribution in [3.05, 3.63) is 12.2 Å². The van der Waals surface area contributed by atoms with Gasteiger partial charge in [-0.25, -0.2) is 0 Å². The summed E-state index contributed by atoms with van der Waals surface area (Å²) in [5.41, 5.74) is 0.738. The predicted molar refractivity (Wildman–Crippen MR) is 18.4 cm³/mol. The highest BCUT2D eigenvalue weighted by molar-refractivity contribution is 5.09. The van der Waals surface area contributed by atoms with E-state index in [1.54, 1.807) is 0 Å². The van der Waals surface area contributed by atoms with Gasteiger partial charge in [-0.15, -0.1) is 0 Å². The molecule has 0 saturated heterocycles. The van der Waals surface area contributed by atoms with Gasteiger partial charge >= 0.3 is 0 Å². The molecule has 4 heavy (non-hydrogen) atoms. The first-order valence-corrected chi connectivity index (χ1v) is 1.31. The minimum atomic E-state index is -0.986. The highest BCUT2D eigenvalue weighted by Gasteiger charge is 2.04. The summed E-state index contributed by atoms with van der Waals surface area (Å²) in [6.45, 7) is 3.44. The van der Waals surface area contributed by atoms with E-state index >= 15 is 0 Å². The van der Waals surface area contributed by atoms with Crippen molar-refractivity contribution in [1.82, 2.24) is 0 Å². The van der Waals surface area contributed by atoms with E-state index < -0.39 is 6.37 Å². The maximum atomic E-state index is 6.82. The fourth-order valence-electron chi connectivity index (χ4n) is 0.0625. The Labute approximate surface area is 28.9 Å². The molecule has 0 aromatic rings. The van der Waals surface area contributed by atoms with Gasteiger partial charge in [0.05, 0.1) is 0 Å². The summed E-state index contributed by atoms with van der Waals surface area (Å²) >= 11 is 0. The SMILES string of the molecule is [2H]C1([2H])CC1=C. The third-order valence-electron chi connectivity index (χ3n) is 0.427. The minimum absolute atomic E-state index is 0.576. The fraction of sp³-hybridized carbons (Fsp3) is 0.500. The molecule has 0 aromatic carbocycles. The van der Waals surface area contributed by atoms with Crippen molar-refractivity contribution in [3.63, 3.8) is 0 Å². The van der Waals surface area contributed by atoms with Crippen LogP contribution in [0, 0.1) is 0 Å². The van der Waals surface area contributed by atoms with Gasteiger partial charge in [0.2, 0.25) is 0 Å². The quantitative estimate of drug-likeness (QED) is 0.367. The van der Waals surface area contributed by atoms with Crippen LogP contribution < -0.4 is 0 Å². The first-order chi connectivity index (χ1) is 2.63. The highest BCUT2D eigenvalue weighted by atomic mass is 14.1. The van der Waals surface area contributed by atoms with Crippen LogP contribution >= 0.6 is 0 Å². The molecule has 0 nitrogen and oxygen atoms in total. The molecule has 22 valence electrons. The molecule has 1 saturated carbocycles. The van der Waals surface area contributed by atoms with Crippen molar-refractivity contribution in [2.45, 2.75) is 12.8 Å². The Morgan fingerprint density at radius 1 is 2.25 bits per heavy atom. The van der Waals surface area contributed by atoms with Crippen LogP contribution in [-0.2, 0) is 0 Å². The number of hydrogen-bond donors (Lipinski definition) is 0. The summed E-state index contributed by atoms with van der Waals surface area (Å²) in [4.78, 5) is 0. The average molecular weight is 56.1 g/mol. The van der Waals surface area contributed by atoms with E-state index in [1.165, 1.54) is 0 Å². The Hall–Kier alpha value is -0.260. The highest BCUT2D eigenvalue weighted by Crippen LogP contribution is 2.23. The number of hydrogen-bond acceptors (Lipinski definition) is 0. The van der Waals surface area contributed by atoms with Crippen LogP contribution in [0.2, 0.25) is 0 Å². The number of allylic oxidation sites excluding steroid dienone is 1. The van der Waals surface area contributed by atoms with Crippen molar-refractivity contribution >= 4 is 0 Å². The monoisotopic (exact) mass is 56.1 g/mol. The van der Waals surface area contributed by atoms with Crippen molar-refractivity contribution < 1.29 is 2.74 Å². The zero-order valence-corrected chi connectivity index (χ0v) is 2.41. The molecular formula is C4H6. The maximum absolute atomic E-state index is 6.82. The van der Waals surface area contributed by atoms with Gasteiger partial charge in [-0.1, -0.05) is 12.2 Å². The molecule has 0 N–H and O–H groups in total. The van der Waals surface area contributed by atoms with Gasteiger partial charge in [-0.05, 0) is 12.8 Å².